The number of benzene rings is 2. The molecule has 3 heterocycles. The van der Waals surface area contributed by atoms with Gasteiger partial charge in [0.1, 0.15) is 10.7 Å². The smallest absolute Gasteiger partial charge is 0.273 e. The Balaban J connectivity index is 1.25. The van der Waals surface area contributed by atoms with Gasteiger partial charge in [0.2, 0.25) is 0 Å². The third kappa shape index (κ3) is 4.19. The summed E-state index contributed by atoms with van der Waals surface area (Å²) in [7, 11) is 0. The molecular weight excluding hydrogens is 430 g/mol. The average molecular weight is 450 g/mol. The molecule has 156 valence electrons. The number of aromatic nitrogens is 3. The van der Waals surface area contributed by atoms with Crippen LogP contribution in [0, 0.1) is 0 Å². The Labute approximate surface area is 189 Å². The molecule has 4 aromatic rings. The van der Waals surface area contributed by atoms with E-state index in [0.717, 1.165) is 40.1 Å². The highest BCUT2D eigenvalue weighted by atomic mass is 35.5. The summed E-state index contributed by atoms with van der Waals surface area (Å²) in [5, 5.41) is 7.78. The highest BCUT2D eigenvalue weighted by molar-refractivity contribution is 7.13. The fourth-order valence-corrected chi connectivity index (χ4v) is 4.54. The van der Waals surface area contributed by atoms with Crippen LogP contribution in [0.1, 0.15) is 10.5 Å². The Kier molecular flexibility index (Phi) is 5.44. The number of anilines is 1. The van der Waals surface area contributed by atoms with Gasteiger partial charge in [-0.1, -0.05) is 29.8 Å². The summed E-state index contributed by atoms with van der Waals surface area (Å²) in [4.78, 5) is 21.7. The van der Waals surface area contributed by atoms with E-state index in [1.807, 2.05) is 75.8 Å². The zero-order chi connectivity index (χ0) is 21.2. The van der Waals surface area contributed by atoms with Crippen LogP contribution in [0.5, 0.6) is 0 Å². The summed E-state index contributed by atoms with van der Waals surface area (Å²) < 4.78 is 1.81. The maximum absolute atomic E-state index is 13.0. The van der Waals surface area contributed by atoms with Crippen LogP contribution in [0.3, 0.4) is 0 Å². The lowest BCUT2D eigenvalue weighted by molar-refractivity contribution is 0.0742. The third-order valence-electron chi connectivity index (χ3n) is 5.33. The second-order valence-electron chi connectivity index (χ2n) is 7.30. The van der Waals surface area contributed by atoms with Crippen molar-refractivity contribution in [2.45, 2.75) is 0 Å². The first-order valence-corrected chi connectivity index (χ1v) is 11.3. The van der Waals surface area contributed by atoms with Gasteiger partial charge in [0.25, 0.3) is 5.91 Å². The second kappa shape index (κ2) is 8.53. The van der Waals surface area contributed by atoms with Gasteiger partial charge in [-0.2, -0.15) is 5.10 Å². The van der Waals surface area contributed by atoms with Crippen LogP contribution in [0.2, 0.25) is 5.02 Å². The summed E-state index contributed by atoms with van der Waals surface area (Å²) in [6.45, 7) is 2.91. The van der Waals surface area contributed by atoms with Crippen molar-refractivity contribution in [2.24, 2.45) is 0 Å². The van der Waals surface area contributed by atoms with Crippen LogP contribution in [0.15, 0.2) is 72.4 Å². The molecule has 1 fully saturated rings. The van der Waals surface area contributed by atoms with Crippen LogP contribution < -0.4 is 4.90 Å². The SMILES string of the molecule is O=C(c1csc(-c2cnn(-c3ccccc3)c2)n1)N1CCN(c2ccc(Cl)cc2)CC1. The first-order valence-electron chi connectivity index (χ1n) is 10.0. The second-order valence-corrected chi connectivity index (χ2v) is 8.60. The minimum atomic E-state index is -0.0197. The number of thiazole rings is 1. The summed E-state index contributed by atoms with van der Waals surface area (Å²) in [6.07, 6.45) is 3.72. The van der Waals surface area contributed by atoms with E-state index in [2.05, 4.69) is 15.0 Å². The molecule has 0 radical (unpaired) electrons. The lowest BCUT2D eigenvalue weighted by Crippen LogP contribution is -2.48. The van der Waals surface area contributed by atoms with Crippen molar-refractivity contribution in [1.82, 2.24) is 19.7 Å². The van der Waals surface area contributed by atoms with E-state index in [1.54, 1.807) is 6.20 Å². The fourth-order valence-electron chi connectivity index (χ4n) is 3.64. The average Bonchev–Trinajstić information content (AvgIpc) is 3.50. The highest BCUT2D eigenvalue weighted by Crippen LogP contribution is 2.25. The van der Waals surface area contributed by atoms with Crippen molar-refractivity contribution < 1.29 is 4.79 Å². The van der Waals surface area contributed by atoms with Gasteiger partial charge in [0, 0.05) is 54.0 Å². The summed E-state index contributed by atoms with van der Waals surface area (Å²) in [6, 6.07) is 17.7. The van der Waals surface area contributed by atoms with Crippen LogP contribution in [0.4, 0.5) is 5.69 Å². The number of amides is 1. The number of hydrogen-bond donors (Lipinski definition) is 0. The topological polar surface area (TPSA) is 54.3 Å². The molecule has 0 saturated carbocycles. The van der Waals surface area contributed by atoms with Gasteiger partial charge in [0.05, 0.1) is 11.9 Å². The molecule has 8 heteroatoms. The first kappa shape index (κ1) is 19.8. The molecule has 0 aliphatic carbocycles. The highest BCUT2D eigenvalue weighted by Gasteiger charge is 2.24. The zero-order valence-corrected chi connectivity index (χ0v) is 18.3. The molecule has 0 spiro atoms. The predicted octanol–water partition coefficient (Wildman–Crippen LogP) is 4.61. The Hall–Kier alpha value is -3.16. The maximum atomic E-state index is 13.0. The zero-order valence-electron chi connectivity index (χ0n) is 16.7. The number of hydrogen-bond acceptors (Lipinski definition) is 5. The molecule has 0 bridgehead atoms. The van der Waals surface area contributed by atoms with Gasteiger partial charge in [-0.25, -0.2) is 9.67 Å². The molecule has 1 aliphatic rings. The molecule has 0 unspecified atom stereocenters. The van der Waals surface area contributed by atoms with Gasteiger partial charge in [0.15, 0.2) is 0 Å². The number of carbonyl (C=O) groups is 1. The molecule has 31 heavy (non-hydrogen) atoms. The van der Waals surface area contributed by atoms with E-state index >= 15 is 0 Å². The molecule has 1 aliphatic heterocycles. The fraction of sp³-hybridized carbons (Fsp3) is 0.174. The number of piperazine rings is 1. The predicted molar refractivity (Wildman–Crippen MR) is 124 cm³/mol. The molecular formula is C23H20ClN5OS. The van der Waals surface area contributed by atoms with Crippen molar-refractivity contribution in [3.63, 3.8) is 0 Å². The van der Waals surface area contributed by atoms with Gasteiger partial charge in [-0.05, 0) is 36.4 Å². The molecule has 2 aromatic heterocycles. The Morgan fingerprint density at radius 2 is 1.68 bits per heavy atom. The third-order valence-corrected chi connectivity index (χ3v) is 6.48. The number of para-hydroxylation sites is 1. The number of nitrogens with zero attached hydrogens (tertiary/aromatic N) is 5. The largest absolute Gasteiger partial charge is 0.368 e. The molecule has 1 saturated heterocycles. The Morgan fingerprint density at radius 3 is 2.42 bits per heavy atom. The standard InChI is InChI=1S/C23H20ClN5OS/c24-18-6-8-19(9-7-18)27-10-12-28(13-11-27)23(30)21-16-31-22(26-21)17-14-25-29(15-17)20-4-2-1-3-5-20/h1-9,14-16H,10-13H2. The van der Waals surface area contributed by atoms with E-state index in [9.17, 15) is 4.79 Å². The van der Waals surface area contributed by atoms with Crippen molar-refractivity contribution in [1.29, 1.82) is 0 Å². The van der Waals surface area contributed by atoms with Crippen molar-refractivity contribution in [2.75, 3.05) is 31.1 Å². The lowest BCUT2D eigenvalue weighted by atomic mass is 10.2. The van der Waals surface area contributed by atoms with Crippen molar-refractivity contribution in [3.05, 3.63) is 83.1 Å². The lowest BCUT2D eigenvalue weighted by Gasteiger charge is -2.35. The van der Waals surface area contributed by atoms with Crippen molar-refractivity contribution >= 4 is 34.5 Å². The van der Waals surface area contributed by atoms with E-state index in [0.29, 0.717) is 18.8 Å². The van der Waals surface area contributed by atoms with Gasteiger partial charge < -0.3 is 9.80 Å². The Bertz CT molecular complexity index is 1180. The van der Waals surface area contributed by atoms with Crippen LogP contribution in [-0.4, -0.2) is 51.8 Å². The first-order chi connectivity index (χ1) is 15.2. The number of carbonyl (C=O) groups excluding carboxylic acids is 1. The van der Waals surface area contributed by atoms with E-state index < -0.39 is 0 Å². The molecule has 0 N–H and O–H groups in total. The molecule has 0 atom stereocenters. The van der Waals surface area contributed by atoms with Crippen molar-refractivity contribution in [3.8, 4) is 16.3 Å². The molecule has 1 amide bonds. The summed E-state index contributed by atoms with van der Waals surface area (Å²) in [5.74, 6) is -0.0197. The number of rotatable bonds is 4. The van der Waals surface area contributed by atoms with Gasteiger partial charge >= 0.3 is 0 Å². The van der Waals surface area contributed by atoms with Crippen LogP contribution >= 0.6 is 22.9 Å². The summed E-state index contributed by atoms with van der Waals surface area (Å²) in [5.41, 5.74) is 3.51. The molecule has 2 aromatic carbocycles. The van der Waals surface area contributed by atoms with Gasteiger partial charge in [-0.15, -0.1) is 11.3 Å². The van der Waals surface area contributed by atoms with E-state index in [-0.39, 0.29) is 5.91 Å². The minimum absolute atomic E-state index is 0.0197. The van der Waals surface area contributed by atoms with Crippen LogP contribution in [-0.2, 0) is 0 Å². The molecule has 6 nitrogen and oxygen atoms in total. The van der Waals surface area contributed by atoms with E-state index in [4.69, 9.17) is 11.6 Å². The van der Waals surface area contributed by atoms with Crippen LogP contribution in [0.25, 0.3) is 16.3 Å². The quantitative estimate of drug-likeness (QED) is 0.456. The number of halogens is 1. The van der Waals surface area contributed by atoms with E-state index in [1.165, 1.54) is 11.3 Å². The monoisotopic (exact) mass is 449 g/mol. The van der Waals surface area contributed by atoms with Gasteiger partial charge in [-0.3, -0.25) is 4.79 Å². The maximum Gasteiger partial charge on any atom is 0.273 e. The summed E-state index contributed by atoms with van der Waals surface area (Å²) >= 11 is 7.45. The Morgan fingerprint density at radius 1 is 0.935 bits per heavy atom. The molecule has 5 rings (SSSR count). The normalized spacial score (nSPS) is 14.1. The minimum Gasteiger partial charge on any atom is -0.368 e.